The summed E-state index contributed by atoms with van der Waals surface area (Å²) in [6, 6.07) is 13.2. The molecule has 0 saturated carbocycles. The van der Waals surface area contributed by atoms with Gasteiger partial charge in [-0.2, -0.15) is 0 Å². The van der Waals surface area contributed by atoms with Gasteiger partial charge < -0.3 is 11.1 Å². The molecule has 2 aromatic rings. The first kappa shape index (κ1) is 12.8. The molecule has 3 heteroatoms. The number of benzene rings is 2. The molecule has 0 bridgehead atoms. The molecular weight excluding hydrogens is 347 g/mol. The van der Waals surface area contributed by atoms with Crippen molar-refractivity contribution in [1.82, 2.24) is 0 Å². The summed E-state index contributed by atoms with van der Waals surface area (Å²) in [5.74, 6) is 0. The molecule has 0 saturated heterocycles. The van der Waals surface area contributed by atoms with Crippen LogP contribution in [-0.2, 0) is 6.42 Å². The highest BCUT2D eigenvalue weighted by atomic mass is 127. The molecule has 0 spiro atoms. The second-order valence-electron chi connectivity index (χ2n) is 5.15. The van der Waals surface area contributed by atoms with E-state index >= 15 is 0 Å². The van der Waals surface area contributed by atoms with Crippen molar-refractivity contribution in [3.05, 3.63) is 56.7 Å². The van der Waals surface area contributed by atoms with Crippen molar-refractivity contribution < 1.29 is 0 Å². The fourth-order valence-corrected chi connectivity index (χ4v) is 3.41. The molecule has 2 aromatic carbocycles. The van der Waals surface area contributed by atoms with Crippen LogP contribution in [0.25, 0.3) is 0 Å². The number of hydrogen-bond acceptors (Lipinski definition) is 2. The third-order valence-corrected chi connectivity index (χ3v) is 4.43. The van der Waals surface area contributed by atoms with E-state index in [-0.39, 0.29) is 0 Å². The van der Waals surface area contributed by atoms with Gasteiger partial charge in [-0.25, -0.2) is 0 Å². The number of fused-ring (bicyclic) bond motifs is 1. The highest BCUT2D eigenvalue weighted by Crippen LogP contribution is 2.35. The molecule has 19 heavy (non-hydrogen) atoms. The van der Waals surface area contributed by atoms with Crippen molar-refractivity contribution in [3.63, 3.8) is 0 Å². The van der Waals surface area contributed by atoms with Crippen LogP contribution in [0, 0.1) is 10.5 Å². The van der Waals surface area contributed by atoms with Gasteiger partial charge in [-0.1, -0.05) is 6.07 Å². The quantitative estimate of drug-likeness (QED) is 0.617. The molecule has 0 radical (unpaired) electrons. The summed E-state index contributed by atoms with van der Waals surface area (Å²) in [6.07, 6.45) is 2.26. The van der Waals surface area contributed by atoms with Crippen molar-refractivity contribution in [3.8, 4) is 0 Å². The van der Waals surface area contributed by atoms with Gasteiger partial charge in [0.1, 0.15) is 0 Å². The van der Waals surface area contributed by atoms with E-state index in [1.54, 1.807) is 0 Å². The molecule has 0 amide bonds. The van der Waals surface area contributed by atoms with Crippen LogP contribution in [0.15, 0.2) is 36.4 Å². The fraction of sp³-hybridized carbons (Fsp3) is 0.250. The van der Waals surface area contributed by atoms with E-state index in [0.29, 0.717) is 6.04 Å². The Hall–Kier alpha value is -1.23. The number of anilines is 2. The molecule has 1 unspecified atom stereocenters. The van der Waals surface area contributed by atoms with E-state index in [2.05, 4.69) is 65.2 Å². The maximum Gasteiger partial charge on any atom is 0.0519 e. The van der Waals surface area contributed by atoms with Gasteiger partial charge in [0.25, 0.3) is 0 Å². The minimum atomic E-state index is 0.411. The summed E-state index contributed by atoms with van der Waals surface area (Å²) in [5, 5.41) is 3.67. The first-order chi connectivity index (χ1) is 9.13. The van der Waals surface area contributed by atoms with Gasteiger partial charge in [0, 0.05) is 14.9 Å². The molecule has 98 valence electrons. The Morgan fingerprint density at radius 3 is 2.84 bits per heavy atom. The summed E-state index contributed by atoms with van der Waals surface area (Å²) in [5.41, 5.74) is 12.0. The van der Waals surface area contributed by atoms with E-state index in [0.717, 1.165) is 18.5 Å². The van der Waals surface area contributed by atoms with Gasteiger partial charge in [0.15, 0.2) is 0 Å². The number of aryl methyl sites for hydroxylation is 2. The zero-order chi connectivity index (χ0) is 13.4. The average molecular weight is 364 g/mol. The smallest absolute Gasteiger partial charge is 0.0519 e. The van der Waals surface area contributed by atoms with Crippen molar-refractivity contribution >= 4 is 34.0 Å². The Kier molecular flexibility index (Phi) is 3.39. The third-order valence-electron chi connectivity index (χ3n) is 3.76. The molecule has 0 fully saturated rings. The van der Waals surface area contributed by atoms with E-state index in [4.69, 9.17) is 5.73 Å². The van der Waals surface area contributed by atoms with Crippen LogP contribution in [0.4, 0.5) is 11.4 Å². The lowest BCUT2D eigenvalue weighted by atomic mass is 10.1. The number of hydrogen-bond donors (Lipinski definition) is 2. The fourth-order valence-electron chi connectivity index (χ4n) is 2.76. The monoisotopic (exact) mass is 364 g/mol. The van der Waals surface area contributed by atoms with Crippen LogP contribution in [0.3, 0.4) is 0 Å². The molecule has 3 rings (SSSR count). The molecule has 3 N–H and O–H groups in total. The molecule has 0 heterocycles. The van der Waals surface area contributed by atoms with Crippen LogP contribution >= 0.6 is 22.6 Å². The summed E-state index contributed by atoms with van der Waals surface area (Å²) in [4.78, 5) is 0. The topological polar surface area (TPSA) is 38.0 Å². The van der Waals surface area contributed by atoms with E-state index in [1.807, 2.05) is 6.07 Å². The first-order valence-electron chi connectivity index (χ1n) is 6.54. The summed E-state index contributed by atoms with van der Waals surface area (Å²) < 4.78 is 1.28. The van der Waals surface area contributed by atoms with Gasteiger partial charge in [-0.15, -0.1) is 0 Å². The molecule has 1 aliphatic rings. The number of nitrogen functional groups attached to an aromatic ring is 1. The lowest BCUT2D eigenvalue weighted by Crippen LogP contribution is -2.08. The van der Waals surface area contributed by atoms with E-state index < -0.39 is 0 Å². The predicted molar refractivity (Wildman–Crippen MR) is 89.4 cm³/mol. The average Bonchev–Trinajstić information content (AvgIpc) is 2.75. The summed E-state index contributed by atoms with van der Waals surface area (Å²) in [7, 11) is 0. The third kappa shape index (κ3) is 2.56. The summed E-state index contributed by atoms with van der Waals surface area (Å²) >= 11 is 2.35. The molecule has 1 atom stereocenters. The second kappa shape index (κ2) is 5.04. The maximum atomic E-state index is 5.85. The Labute approximate surface area is 127 Å². The SMILES string of the molecule is Cc1cc(I)ccc1NC1CCc2cc(N)ccc21. The zero-order valence-corrected chi connectivity index (χ0v) is 13.1. The first-order valence-corrected chi connectivity index (χ1v) is 7.62. The maximum absolute atomic E-state index is 5.85. The minimum absolute atomic E-state index is 0.411. The Morgan fingerprint density at radius 2 is 2.05 bits per heavy atom. The highest BCUT2D eigenvalue weighted by Gasteiger charge is 2.22. The van der Waals surface area contributed by atoms with Gasteiger partial charge in [0.05, 0.1) is 6.04 Å². The normalized spacial score (nSPS) is 17.3. The number of nitrogens with one attached hydrogen (secondary N) is 1. The molecule has 2 nitrogen and oxygen atoms in total. The molecule has 1 aliphatic carbocycles. The lowest BCUT2D eigenvalue weighted by molar-refractivity contribution is 0.761. The number of rotatable bonds is 2. The standard InChI is InChI=1S/C16H17IN2/c1-10-8-12(17)3-7-15(10)19-16-6-2-11-9-13(18)4-5-14(11)16/h3-5,7-9,16,19H,2,6,18H2,1H3. The van der Waals surface area contributed by atoms with Crippen LogP contribution in [0.2, 0.25) is 0 Å². The van der Waals surface area contributed by atoms with Crippen LogP contribution < -0.4 is 11.1 Å². The Morgan fingerprint density at radius 1 is 1.21 bits per heavy atom. The van der Waals surface area contributed by atoms with Gasteiger partial charge in [0.2, 0.25) is 0 Å². The van der Waals surface area contributed by atoms with Gasteiger partial charge >= 0.3 is 0 Å². The Balaban J connectivity index is 1.86. The molecular formula is C16H17IN2. The van der Waals surface area contributed by atoms with Crippen LogP contribution in [0.1, 0.15) is 29.2 Å². The number of nitrogens with two attached hydrogens (primary N) is 1. The second-order valence-corrected chi connectivity index (χ2v) is 6.40. The van der Waals surface area contributed by atoms with E-state index in [9.17, 15) is 0 Å². The summed E-state index contributed by atoms with van der Waals surface area (Å²) in [6.45, 7) is 2.16. The highest BCUT2D eigenvalue weighted by molar-refractivity contribution is 14.1. The molecule has 0 aromatic heterocycles. The van der Waals surface area contributed by atoms with Crippen LogP contribution in [0.5, 0.6) is 0 Å². The Bertz CT molecular complexity index is 622. The van der Waals surface area contributed by atoms with Crippen LogP contribution in [-0.4, -0.2) is 0 Å². The van der Waals surface area contributed by atoms with Gasteiger partial charge in [-0.05, 0) is 89.4 Å². The minimum Gasteiger partial charge on any atom is -0.399 e. The lowest BCUT2D eigenvalue weighted by Gasteiger charge is -2.17. The van der Waals surface area contributed by atoms with Crippen molar-refractivity contribution in [2.45, 2.75) is 25.8 Å². The molecule has 0 aliphatic heterocycles. The van der Waals surface area contributed by atoms with Crippen molar-refractivity contribution in [2.75, 3.05) is 11.1 Å². The van der Waals surface area contributed by atoms with Crippen molar-refractivity contribution in [1.29, 1.82) is 0 Å². The van der Waals surface area contributed by atoms with Gasteiger partial charge in [-0.3, -0.25) is 0 Å². The predicted octanol–water partition coefficient (Wildman–Crippen LogP) is 4.28. The number of halogens is 1. The van der Waals surface area contributed by atoms with E-state index in [1.165, 1.54) is 25.9 Å². The largest absolute Gasteiger partial charge is 0.399 e. The zero-order valence-electron chi connectivity index (χ0n) is 10.9. The van der Waals surface area contributed by atoms with Crippen molar-refractivity contribution in [2.24, 2.45) is 0 Å².